The van der Waals surface area contributed by atoms with E-state index in [4.69, 9.17) is 5.14 Å². The van der Waals surface area contributed by atoms with Crippen LogP contribution in [0.1, 0.15) is 5.56 Å². The third-order valence-electron chi connectivity index (χ3n) is 1.84. The van der Waals surface area contributed by atoms with Gasteiger partial charge in [0.1, 0.15) is 5.75 Å². The third kappa shape index (κ3) is 4.54. The Bertz CT molecular complexity index is 448. The summed E-state index contributed by atoms with van der Waals surface area (Å²) >= 11 is 0. The quantitative estimate of drug-likeness (QED) is 0.852. The minimum atomic E-state index is -3.61. The molecule has 0 radical (unpaired) electrons. The molecule has 0 spiro atoms. The second-order valence-electron chi connectivity index (χ2n) is 3.10. The summed E-state index contributed by atoms with van der Waals surface area (Å²) in [5.41, 5.74) is 0.386. The Hall–Kier alpha value is -1.21. The maximum atomic E-state index is 12.0. The second-order valence-corrected chi connectivity index (χ2v) is 4.84. The van der Waals surface area contributed by atoms with E-state index in [9.17, 15) is 17.2 Å². The number of alkyl halides is 2. The fraction of sp³-hybridized carbons (Fsp3) is 0.333. The Labute approximate surface area is 92.1 Å². The molecule has 1 aromatic rings. The average molecular weight is 251 g/mol. The van der Waals surface area contributed by atoms with Crippen LogP contribution in [-0.4, -0.2) is 20.8 Å². The van der Waals surface area contributed by atoms with Crippen molar-refractivity contribution in [3.05, 3.63) is 29.8 Å². The Morgan fingerprint density at radius 1 is 1.31 bits per heavy atom. The minimum Gasteiger partial charge on any atom is -0.435 e. The van der Waals surface area contributed by atoms with Gasteiger partial charge < -0.3 is 4.74 Å². The molecule has 2 N–H and O–H groups in total. The molecule has 0 unspecified atom stereocenters. The molecule has 1 rings (SSSR count). The maximum absolute atomic E-state index is 12.0. The van der Waals surface area contributed by atoms with Crippen molar-refractivity contribution in [2.45, 2.75) is 13.0 Å². The van der Waals surface area contributed by atoms with Gasteiger partial charge >= 0.3 is 6.61 Å². The Kier molecular flexibility index (Phi) is 4.19. The molecule has 0 aromatic heterocycles. The van der Waals surface area contributed by atoms with E-state index in [-0.39, 0.29) is 17.9 Å². The maximum Gasteiger partial charge on any atom is 0.387 e. The van der Waals surface area contributed by atoms with Crippen LogP contribution in [0.4, 0.5) is 8.78 Å². The van der Waals surface area contributed by atoms with Crippen LogP contribution in [0.15, 0.2) is 24.3 Å². The molecule has 4 nitrogen and oxygen atoms in total. The number of hydrogen-bond donors (Lipinski definition) is 1. The van der Waals surface area contributed by atoms with Crippen LogP contribution < -0.4 is 9.88 Å². The van der Waals surface area contributed by atoms with Crippen LogP contribution in [-0.2, 0) is 16.4 Å². The lowest BCUT2D eigenvalue weighted by atomic mass is 10.1. The number of aryl methyl sites for hydroxylation is 1. The van der Waals surface area contributed by atoms with E-state index < -0.39 is 16.6 Å². The lowest BCUT2D eigenvalue weighted by Crippen LogP contribution is -2.18. The van der Waals surface area contributed by atoms with Gasteiger partial charge in [-0.25, -0.2) is 13.6 Å². The zero-order valence-electron chi connectivity index (χ0n) is 8.27. The zero-order chi connectivity index (χ0) is 12.2. The monoisotopic (exact) mass is 251 g/mol. The van der Waals surface area contributed by atoms with Gasteiger partial charge in [-0.05, 0) is 18.1 Å². The molecule has 1 aromatic carbocycles. The van der Waals surface area contributed by atoms with Crippen molar-refractivity contribution in [3.8, 4) is 5.75 Å². The number of ether oxygens (including phenoxy) is 1. The summed E-state index contributed by atoms with van der Waals surface area (Å²) < 4.78 is 49.7. The first kappa shape index (κ1) is 12.9. The van der Waals surface area contributed by atoms with E-state index in [1.165, 1.54) is 18.2 Å². The van der Waals surface area contributed by atoms with Gasteiger partial charge in [0.05, 0.1) is 5.75 Å². The van der Waals surface area contributed by atoms with Gasteiger partial charge in [0, 0.05) is 0 Å². The molecule has 0 amide bonds. The van der Waals surface area contributed by atoms with Crippen LogP contribution in [0.3, 0.4) is 0 Å². The SMILES string of the molecule is NS(=O)(=O)CCc1ccccc1OC(F)F. The van der Waals surface area contributed by atoms with Gasteiger partial charge in [-0.15, -0.1) is 0 Å². The number of sulfonamides is 1. The van der Waals surface area contributed by atoms with E-state index in [2.05, 4.69) is 4.74 Å². The smallest absolute Gasteiger partial charge is 0.387 e. The number of benzene rings is 1. The molecule has 0 fully saturated rings. The Balaban J connectivity index is 2.79. The van der Waals surface area contributed by atoms with Gasteiger partial charge in [0.15, 0.2) is 0 Å². The number of nitrogens with two attached hydrogens (primary N) is 1. The number of para-hydroxylation sites is 1. The Morgan fingerprint density at radius 3 is 2.50 bits per heavy atom. The van der Waals surface area contributed by atoms with E-state index in [0.29, 0.717) is 5.56 Å². The highest BCUT2D eigenvalue weighted by atomic mass is 32.2. The topological polar surface area (TPSA) is 69.4 Å². The first-order chi connectivity index (χ1) is 7.38. The largest absolute Gasteiger partial charge is 0.435 e. The van der Waals surface area contributed by atoms with Gasteiger partial charge in [0.2, 0.25) is 10.0 Å². The molecule has 0 atom stereocenters. The normalized spacial score (nSPS) is 11.8. The van der Waals surface area contributed by atoms with Crippen LogP contribution in [0, 0.1) is 0 Å². The number of halogens is 2. The fourth-order valence-electron chi connectivity index (χ4n) is 1.17. The van der Waals surface area contributed by atoms with Crippen LogP contribution in [0.5, 0.6) is 5.75 Å². The predicted molar refractivity (Wildman–Crippen MR) is 54.8 cm³/mol. The highest BCUT2D eigenvalue weighted by molar-refractivity contribution is 7.89. The molecule has 0 saturated heterocycles. The molecule has 90 valence electrons. The molecule has 0 aliphatic rings. The summed E-state index contributed by atoms with van der Waals surface area (Å²) in [6.45, 7) is -2.93. The molecule has 0 aliphatic carbocycles. The predicted octanol–water partition coefficient (Wildman–Crippen LogP) is 1.12. The summed E-state index contributed by atoms with van der Waals surface area (Å²) in [5.74, 6) is -0.336. The van der Waals surface area contributed by atoms with Gasteiger partial charge in [-0.2, -0.15) is 8.78 Å². The van der Waals surface area contributed by atoms with Crippen LogP contribution >= 0.6 is 0 Å². The van der Waals surface area contributed by atoms with Crippen LogP contribution in [0.25, 0.3) is 0 Å². The van der Waals surface area contributed by atoms with Gasteiger partial charge in [-0.3, -0.25) is 0 Å². The fourth-order valence-corrected chi connectivity index (χ4v) is 1.68. The summed E-state index contributed by atoms with van der Waals surface area (Å²) in [5, 5.41) is 4.82. The standard InChI is InChI=1S/C9H11F2NO3S/c10-9(11)15-8-4-2-1-3-7(8)5-6-16(12,13)14/h1-4,9H,5-6H2,(H2,12,13,14). The molecule has 0 saturated carbocycles. The van der Waals surface area contributed by atoms with Crippen molar-refractivity contribution < 1.29 is 21.9 Å². The van der Waals surface area contributed by atoms with Gasteiger partial charge in [-0.1, -0.05) is 18.2 Å². The van der Waals surface area contributed by atoms with Crippen molar-refractivity contribution in [1.82, 2.24) is 0 Å². The van der Waals surface area contributed by atoms with Crippen molar-refractivity contribution in [2.75, 3.05) is 5.75 Å². The van der Waals surface area contributed by atoms with E-state index >= 15 is 0 Å². The molecule has 16 heavy (non-hydrogen) atoms. The average Bonchev–Trinajstić information content (AvgIpc) is 2.14. The number of rotatable bonds is 5. The van der Waals surface area contributed by atoms with Crippen molar-refractivity contribution in [3.63, 3.8) is 0 Å². The zero-order valence-corrected chi connectivity index (χ0v) is 9.08. The van der Waals surface area contributed by atoms with Crippen LogP contribution in [0.2, 0.25) is 0 Å². The molecule has 0 aliphatic heterocycles. The molecule has 0 heterocycles. The van der Waals surface area contributed by atoms with Crippen molar-refractivity contribution in [1.29, 1.82) is 0 Å². The van der Waals surface area contributed by atoms with Crippen molar-refractivity contribution in [2.24, 2.45) is 5.14 Å². The molecular weight excluding hydrogens is 240 g/mol. The lowest BCUT2D eigenvalue weighted by Gasteiger charge is -2.09. The van der Waals surface area contributed by atoms with E-state index in [1.54, 1.807) is 6.07 Å². The first-order valence-electron chi connectivity index (χ1n) is 4.41. The third-order valence-corrected chi connectivity index (χ3v) is 2.62. The van der Waals surface area contributed by atoms with Crippen molar-refractivity contribution >= 4 is 10.0 Å². The lowest BCUT2D eigenvalue weighted by molar-refractivity contribution is -0.0504. The summed E-state index contributed by atoms with van der Waals surface area (Å²) in [6, 6.07) is 6.00. The first-order valence-corrected chi connectivity index (χ1v) is 6.13. The Morgan fingerprint density at radius 2 is 1.94 bits per heavy atom. The van der Waals surface area contributed by atoms with E-state index in [0.717, 1.165) is 0 Å². The number of hydrogen-bond acceptors (Lipinski definition) is 3. The second kappa shape index (κ2) is 5.22. The molecule has 7 heteroatoms. The van der Waals surface area contributed by atoms with E-state index in [1.807, 2.05) is 0 Å². The molecular formula is C9H11F2NO3S. The highest BCUT2D eigenvalue weighted by Gasteiger charge is 2.11. The summed E-state index contributed by atoms with van der Waals surface area (Å²) in [6.07, 6.45) is 0.0434. The minimum absolute atomic E-state index is 0.0267. The number of primary sulfonamides is 1. The molecule has 0 bridgehead atoms. The van der Waals surface area contributed by atoms with Gasteiger partial charge in [0.25, 0.3) is 0 Å². The summed E-state index contributed by atoms with van der Waals surface area (Å²) in [4.78, 5) is 0. The summed E-state index contributed by atoms with van der Waals surface area (Å²) in [7, 11) is -3.61. The highest BCUT2D eigenvalue weighted by Crippen LogP contribution is 2.20.